The zero-order valence-electron chi connectivity index (χ0n) is 17.6. The molecule has 0 aliphatic carbocycles. The highest BCUT2D eigenvalue weighted by molar-refractivity contribution is 6.33. The molecule has 2 N–H and O–H groups in total. The first-order valence-corrected chi connectivity index (χ1v) is 10.7. The summed E-state index contributed by atoms with van der Waals surface area (Å²) in [5.74, 6) is 0.219. The molecule has 1 aliphatic heterocycles. The van der Waals surface area contributed by atoms with E-state index in [-0.39, 0.29) is 30.9 Å². The Morgan fingerprint density at radius 3 is 2.63 bits per heavy atom. The summed E-state index contributed by atoms with van der Waals surface area (Å²) in [4.78, 5) is 27.3. The highest BCUT2D eigenvalue weighted by atomic mass is 35.5. The first kappa shape index (κ1) is 22.0. The fraction of sp³-hybridized carbons (Fsp3) is 0.391. The van der Waals surface area contributed by atoms with E-state index in [9.17, 15) is 9.59 Å². The summed E-state index contributed by atoms with van der Waals surface area (Å²) in [6.07, 6.45) is 1.03. The molecule has 2 amide bonds. The van der Waals surface area contributed by atoms with Crippen LogP contribution in [0.5, 0.6) is 5.75 Å². The average Bonchev–Trinajstić information content (AvgIpc) is 2.73. The lowest BCUT2D eigenvalue weighted by Crippen LogP contribution is -2.52. The van der Waals surface area contributed by atoms with Gasteiger partial charge in [0.05, 0.1) is 29.5 Å². The molecule has 0 aromatic heterocycles. The maximum Gasteiger partial charge on any atom is 0.263 e. The zero-order chi connectivity index (χ0) is 21.7. The van der Waals surface area contributed by atoms with E-state index >= 15 is 0 Å². The van der Waals surface area contributed by atoms with Crippen LogP contribution in [0, 0.1) is 6.92 Å². The number of nitrogens with zero attached hydrogens (tertiary/aromatic N) is 1. The Balaban J connectivity index is 1.73. The fourth-order valence-corrected chi connectivity index (χ4v) is 3.75. The third kappa shape index (κ3) is 5.25. The monoisotopic (exact) mass is 429 g/mol. The Morgan fingerprint density at radius 1 is 1.20 bits per heavy atom. The number of hydrogen-bond acceptors (Lipinski definition) is 4. The standard InChI is InChI=1S/C23H28ClN3O3/c1-4-16(5-2)25-23(29)21-13-27(19-8-6-7-9-20(19)30-21)14-22(28)26-18-11-10-15(3)12-17(18)24/h6-12,16,21H,4-5,13-14H2,1-3H3,(H,25,29)(H,26,28). The summed E-state index contributed by atoms with van der Waals surface area (Å²) in [5.41, 5.74) is 2.37. The van der Waals surface area contributed by atoms with Crippen molar-refractivity contribution in [1.82, 2.24) is 5.32 Å². The van der Waals surface area contributed by atoms with Crippen LogP contribution in [0.25, 0.3) is 0 Å². The minimum absolute atomic E-state index is 0.0827. The topological polar surface area (TPSA) is 70.7 Å². The van der Waals surface area contributed by atoms with Crippen LogP contribution < -0.4 is 20.3 Å². The van der Waals surface area contributed by atoms with Crippen molar-refractivity contribution in [1.29, 1.82) is 0 Å². The maximum absolute atomic E-state index is 12.8. The number of amides is 2. The highest BCUT2D eigenvalue weighted by Gasteiger charge is 2.32. The van der Waals surface area contributed by atoms with Gasteiger partial charge in [-0.2, -0.15) is 0 Å². The number of carbonyl (C=O) groups is 2. The fourth-order valence-electron chi connectivity index (χ4n) is 3.46. The summed E-state index contributed by atoms with van der Waals surface area (Å²) in [5, 5.41) is 6.38. The second-order valence-corrected chi connectivity index (χ2v) is 7.92. The van der Waals surface area contributed by atoms with E-state index in [0.717, 1.165) is 24.1 Å². The SMILES string of the molecule is CCC(CC)NC(=O)C1CN(CC(=O)Nc2ccc(C)cc2Cl)c2ccccc2O1. The van der Waals surface area contributed by atoms with Gasteiger partial charge < -0.3 is 20.3 Å². The van der Waals surface area contributed by atoms with E-state index in [0.29, 0.717) is 16.5 Å². The third-order valence-electron chi connectivity index (χ3n) is 5.22. The second kappa shape index (κ2) is 9.85. The molecule has 2 aromatic rings. The summed E-state index contributed by atoms with van der Waals surface area (Å²) in [6.45, 7) is 6.39. The van der Waals surface area contributed by atoms with Crippen LogP contribution in [0.4, 0.5) is 11.4 Å². The summed E-state index contributed by atoms with van der Waals surface area (Å²) < 4.78 is 5.94. The van der Waals surface area contributed by atoms with Crippen LogP contribution in [0.15, 0.2) is 42.5 Å². The molecule has 0 spiro atoms. The number of nitrogens with one attached hydrogen (secondary N) is 2. The first-order chi connectivity index (χ1) is 14.4. The number of rotatable bonds is 7. The Kier molecular flexibility index (Phi) is 7.21. The first-order valence-electron chi connectivity index (χ1n) is 10.3. The van der Waals surface area contributed by atoms with E-state index in [1.54, 1.807) is 12.1 Å². The van der Waals surface area contributed by atoms with Crippen molar-refractivity contribution in [3.8, 4) is 5.75 Å². The van der Waals surface area contributed by atoms with Gasteiger partial charge in [0, 0.05) is 6.04 Å². The molecular formula is C23H28ClN3O3. The van der Waals surface area contributed by atoms with Crippen molar-refractivity contribution < 1.29 is 14.3 Å². The van der Waals surface area contributed by atoms with Gasteiger partial charge in [-0.1, -0.05) is 43.6 Å². The lowest BCUT2D eigenvalue weighted by atomic mass is 10.1. The smallest absolute Gasteiger partial charge is 0.263 e. The molecule has 0 bridgehead atoms. The van der Waals surface area contributed by atoms with Crippen LogP contribution in [-0.4, -0.2) is 37.0 Å². The lowest BCUT2D eigenvalue weighted by molar-refractivity contribution is -0.129. The number of fused-ring (bicyclic) bond motifs is 1. The molecule has 0 saturated heterocycles. The number of anilines is 2. The average molecular weight is 430 g/mol. The molecule has 160 valence electrons. The number of carbonyl (C=O) groups excluding carboxylic acids is 2. The Hall–Kier alpha value is -2.73. The number of halogens is 1. The van der Waals surface area contributed by atoms with Crippen molar-refractivity contribution in [3.63, 3.8) is 0 Å². The van der Waals surface area contributed by atoms with Crippen LogP contribution in [0.2, 0.25) is 5.02 Å². The van der Waals surface area contributed by atoms with Crippen molar-refractivity contribution in [2.75, 3.05) is 23.3 Å². The van der Waals surface area contributed by atoms with Crippen molar-refractivity contribution in [2.24, 2.45) is 0 Å². The Labute approximate surface area is 182 Å². The van der Waals surface area contributed by atoms with Crippen LogP contribution in [-0.2, 0) is 9.59 Å². The largest absolute Gasteiger partial charge is 0.477 e. The van der Waals surface area contributed by atoms with Gasteiger partial charge >= 0.3 is 0 Å². The minimum Gasteiger partial charge on any atom is -0.477 e. The van der Waals surface area contributed by atoms with Gasteiger partial charge in [0.2, 0.25) is 5.91 Å². The number of ether oxygens (including phenoxy) is 1. The number of hydrogen-bond donors (Lipinski definition) is 2. The zero-order valence-corrected chi connectivity index (χ0v) is 18.3. The van der Waals surface area contributed by atoms with Gasteiger partial charge in [0.1, 0.15) is 5.75 Å². The van der Waals surface area contributed by atoms with Gasteiger partial charge in [-0.15, -0.1) is 0 Å². The Bertz CT molecular complexity index is 914. The van der Waals surface area contributed by atoms with E-state index < -0.39 is 6.10 Å². The number of benzene rings is 2. The quantitative estimate of drug-likeness (QED) is 0.693. The number of aryl methyl sites for hydroxylation is 1. The van der Waals surface area contributed by atoms with E-state index in [4.69, 9.17) is 16.3 Å². The van der Waals surface area contributed by atoms with Gasteiger partial charge in [0.25, 0.3) is 5.91 Å². The maximum atomic E-state index is 12.8. The van der Waals surface area contributed by atoms with Gasteiger partial charge in [-0.05, 0) is 49.6 Å². The van der Waals surface area contributed by atoms with Crippen LogP contribution in [0.3, 0.4) is 0 Å². The summed E-state index contributed by atoms with van der Waals surface area (Å²) in [7, 11) is 0. The molecule has 7 heteroatoms. The van der Waals surface area contributed by atoms with E-state index in [1.165, 1.54) is 0 Å². The molecule has 1 heterocycles. The van der Waals surface area contributed by atoms with Gasteiger partial charge in [0.15, 0.2) is 6.10 Å². The molecule has 6 nitrogen and oxygen atoms in total. The van der Waals surface area contributed by atoms with Gasteiger partial charge in [-0.25, -0.2) is 0 Å². The Morgan fingerprint density at radius 2 is 1.93 bits per heavy atom. The minimum atomic E-state index is -0.684. The van der Waals surface area contributed by atoms with Crippen molar-refractivity contribution in [3.05, 3.63) is 53.1 Å². The van der Waals surface area contributed by atoms with E-state index in [1.807, 2.05) is 56.0 Å². The second-order valence-electron chi connectivity index (χ2n) is 7.51. The van der Waals surface area contributed by atoms with Crippen molar-refractivity contribution in [2.45, 2.75) is 45.8 Å². The molecule has 1 unspecified atom stereocenters. The predicted molar refractivity (Wildman–Crippen MR) is 120 cm³/mol. The molecule has 1 atom stereocenters. The molecule has 2 aromatic carbocycles. The van der Waals surface area contributed by atoms with Gasteiger partial charge in [-0.3, -0.25) is 9.59 Å². The predicted octanol–water partition coefficient (Wildman–Crippen LogP) is 4.16. The molecule has 3 rings (SSSR count). The van der Waals surface area contributed by atoms with E-state index in [2.05, 4.69) is 10.6 Å². The highest BCUT2D eigenvalue weighted by Crippen LogP contribution is 2.33. The number of para-hydroxylation sites is 2. The molecule has 0 radical (unpaired) electrons. The van der Waals surface area contributed by atoms with Crippen LogP contribution >= 0.6 is 11.6 Å². The van der Waals surface area contributed by atoms with Crippen LogP contribution in [0.1, 0.15) is 32.3 Å². The lowest BCUT2D eigenvalue weighted by Gasteiger charge is -2.35. The third-order valence-corrected chi connectivity index (χ3v) is 5.53. The molecular weight excluding hydrogens is 402 g/mol. The molecule has 0 saturated carbocycles. The summed E-state index contributed by atoms with van der Waals surface area (Å²) >= 11 is 6.24. The van der Waals surface area contributed by atoms with Crippen molar-refractivity contribution >= 4 is 34.8 Å². The molecule has 1 aliphatic rings. The molecule has 0 fully saturated rings. The summed E-state index contributed by atoms with van der Waals surface area (Å²) in [6, 6.07) is 13.0. The normalized spacial score (nSPS) is 15.4. The molecule has 30 heavy (non-hydrogen) atoms.